The molecule has 2 amide bonds. The highest BCUT2D eigenvalue weighted by Gasteiger charge is 2.38. The van der Waals surface area contributed by atoms with E-state index in [4.69, 9.17) is 16.7 Å². The number of carbonyl (C=O) groups excluding carboxylic acids is 2. The Hall–Kier alpha value is -5.04. The van der Waals surface area contributed by atoms with Gasteiger partial charge in [0.25, 0.3) is 5.91 Å². The molecule has 220 valence electrons. The third-order valence-corrected chi connectivity index (χ3v) is 6.46. The topological polar surface area (TPSA) is 182 Å². The van der Waals surface area contributed by atoms with Crippen LogP contribution in [0.15, 0.2) is 30.9 Å². The molecule has 1 aromatic carbocycles. The van der Waals surface area contributed by atoms with Crippen molar-refractivity contribution in [3.8, 4) is 17.3 Å². The zero-order chi connectivity index (χ0) is 30.9. The number of hydrogen-bond acceptors (Lipinski definition) is 8. The van der Waals surface area contributed by atoms with E-state index >= 15 is 4.39 Å². The molecule has 6 N–H and O–H groups in total. The molecule has 0 fully saturated rings. The molecule has 0 spiro atoms. The van der Waals surface area contributed by atoms with Crippen LogP contribution in [0.3, 0.4) is 0 Å². The summed E-state index contributed by atoms with van der Waals surface area (Å²) < 4.78 is 59.4. The summed E-state index contributed by atoms with van der Waals surface area (Å²) in [6.07, 6.45) is 0.175. The smallest absolute Gasteiger partial charge is 0.365 e. The van der Waals surface area contributed by atoms with Gasteiger partial charge in [-0.1, -0.05) is 6.92 Å². The number of fused-ring (bicyclic) bond motifs is 1. The van der Waals surface area contributed by atoms with Crippen LogP contribution in [0.1, 0.15) is 46.9 Å². The fraction of sp³-hybridized carbons (Fsp3) is 0.308. The molecule has 0 bridgehead atoms. The van der Waals surface area contributed by atoms with Crippen LogP contribution in [0, 0.1) is 24.1 Å². The van der Waals surface area contributed by atoms with Crippen molar-refractivity contribution in [2.45, 2.75) is 45.5 Å². The van der Waals surface area contributed by atoms with E-state index in [0.717, 1.165) is 10.9 Å². The Kier molecular flexibility index (Phi) is 8.16. The second-order valence-corrected chi connectivity index (χ2v) is 9.63. The van der Waals surface area contributed by atoms with Gasteiger partial charge >= 0.3 is 6.18 Å². The second kappa shape index (κ2) is 11.4. The molecule has 3 heterocycles. The molecule has 0 unspecified atom stereocenters. The summed E-state index contributed by atoms with van der Waals surface area (Å²) in [6, 6.07) is 2.42. The van der Waals surface area contributed by atoms with Crippen molar-refractivity contribution in [1.82, 2.24) is 29.5 Å². The maximum absolute atomic E-state index is 15.8. The number of benzene rings is 1. The molecular formula is C26H26F4N10O2. The van der Waals surface area contributed by atoms with E-state index < -0.39 is 48.0 Å². The zero-order valence-electron chi connectivity index (χ0n) is 22.6. The summed E-state index contributed by atoms with van der Waals surface area (Å²) in [5.41, 5.74) is 9.69. The molecule has 0 saturated carbocycles. The van der Waals surface area contributed by atoms with Gasteiger partial charge in [-0.05, 0) is 25.5 Å². The van der Waals surface area contributed by atoms with Gasteiger partial charge in [0.15, 0.2) is 17.2 Å². The standard InChI is InChI=1S/C26H26F4N10O2/c1-12-8-16(18(20(27)19(12)22(33)41)13(2)9-36-25(42)14(3)32)37-23-24-35-10-17(40(24)7-5-34-23)15-11-39(6-4-31)38-21(15)26(28,29)30/h5,7-8,10-11,13-14H,6,9,32H2,1-3H3,(H2,33,41)(H,34,37)(H,36,42)/t13-,14-/m0/s1. The van der Waals surface area contributed by atoms with Crippen molar-refractivity contribution in [3.63, 3.8) is 0 Å². The van der Waals surface area contributed by atoms with E-state index in [-0.39, 0.29) is 51.6 Å². The van der Waals surface area contributed by atoms with E-state index in [0.29, 0.717) is 0 Å². The molecule has 0 aliphatic heterocycles. The maximum atomic E-state index is 15.8. The van der Waals surface area contributed by atoms with Gasteiger partial charge < -0.3 is 22.1 Å². The Labute approximate surface area is 236 Å². The third kappa shape index (κ3) is 5.72. The molecule has 0 radical (unpaired) electrons. The van der Waals surface area contributed by atoms with Crippen LogP contribution in [0.5, 0.6) is 0 Å². The molecule has 2 atom stereocenters. The van der Waals surface area contributed by atoms with Crippen LogP contribution in [0.25, 0.3) is 16.9 Å². The van der Waals surface area contributed by atoms with Crippen molar-refractivity contribution >= 4 is 29.0 Å². The quantitative estimate of drug-likeness (QED) is 0.216. The van der Waals surface area contributed by atoms with Crippen LogP contribution in [0.2, 0.25) is 0 Å². The van der Waals surface area contributed by atoms with Crippen molar-refractivity contribution in [2.24, 2.45) is 11.5 Å². The van der Waals surface area contributed by atoms with Gasteiger partial charge in [0.05, 0.1) is 35.1 Å². The minimum atomic E-state index is -4.81. The fourth-order valence-electron chi connectivity index (χ4n) is 4.50. The van der Waals surface area contributed by atoms with Gasteiger partial charge in [-0.3, -0.25) is 18.7 Å². The minimum Gasteiger partial charge on any atom is -0.365 e. The summed E-state index contributed by atoms with van der Waals surface area (Å²) in [6.45, 7) is 4.16. The van der Waals surface area contributed by atoms with Crippen molar-refractivity contribution in [2.75, 3.05) is 11.9 Å². The number of hydrogen-bond donors (Lipinski definition) is 4. The van der Waals surface area contributed by atoms with Crippen LogP contribution in [-0.2, 0) is 17.5 Å². The van der Waals surface area contributed by atoms with E-state index in [9.17, 15) is 22.8 Å². The van der Waals surface area contributed by atoms with Crippen LogP contribution < -0.4 is 22.1 Å². The van der Waals surface area contributed by atoms with Gasteiger partial charge in [0.1, 0.15) is 12.4 Å². The Morgan fingerprint density at radius 3 is 2.57 bits per heavy atom. The lowest BCUT2D eigenvalue weighted by Crippen LogP contribution is -2.40. The molecule has 16 heteroatoms. The van der Waals surface area contributed by atoms with Crippen LogP contribution >= 0.6 is 0 Å². The van der Waals surface area contributed by atoms with Gasteiger partial charge in [0.2, 0.25) is 5.91 Å². The molecule has 0 aliphatic rings. The summed E-state index contributed by atoms with van der Waals surface area (Å²) >= 11 is 0. The largest absolute Gasteiger partial charge is 0.435 e. The number of nitrogens with zero attached hydrogens (tertiary/aromatic N) is 6. The van der Waals surface area contributed by atoms with Gasteiger partial charge in [-0.2, -0.15) is 23.5 Å². The SMILES string of the molecule is Cc1cc(Nc2nccn3c(-c4cn(CC#N)nc4C(F)(F)F)cnc23)c([C@@H](C)CNC(=O)[C@H](C)N)c(F)c1C(N)=O. The second-order valence-electron chi connectivity index (χ2n) is 9.63. The van der Waals surface area contributed by atoms with Crippen molar-refractivity contribution in [3.05, 3.63) is 59.1 Å². The maximum Gasteiger partial charge on any atom is 0.435 e. The lowest BCUT2D eigenvalue weighted by atomic mass is 9.92. The number of anilines is 2. The summed E-state index contributed by atoms with van der Waals surface area (Å²) in [5, 5.41) is 18.0. The zero-order valence-corrected chi connectivity index (χ0v) is 22.6. The lowest BCUT2D eigenvalue weighted by molar-refractivity contribution is -0.141. The molecule has 42 heavy (non-hydrogen) atoms. The van der Waals surface area contributed by atoms with Crippen LogP contribution in [-0.4, -0.2) is 48.6 Å². The summed E-state index contributed by atoms with van der Waals surface area (Å²) in [7, 11) is 0. The number of carbonyl (C=O) groups is 2. The number of alkyl halides is 3. The highest BCUT2D eigenvalue weighted by molar-refractivity contribution is 5.96. The van der Waals surface area contributed by atoms with E-state index in [1.54, 1.807) is 13.0 Å². The van der Waals surface area contributed by atoms with E-state index in [1.807, 2.05) is 0 Å². The number of imidazole rings is 1. The minimum absolute atomic E-state index is 0.00657. The predicted octanol–water partition coefficient (Wildman–Crippen LogP) is 2.99. The average Bonchev–Trinajstić information content (AvgIpc) is 3.51. The normalized spacial score (nSPS) is 13.0. The predicted molar refractivity (Wildman–Crippen MR) is 143 cm³/mol. The number of nitrogens with two attached hydrogens (primary N) is 2. The number of aromatic nitrogens is 5. The lowest BCUT2D eigenvalue weighted by Gasteiger charge is -2.22. The number of rotatable bonds is 9. The monoisotopic (exact) mass is 586 g/mol. The fourth-order valence-corrected chi connectivity index (χ4v) is 4.50. The third-order valence-electron chi connectivity index (χ3n) is 6.46. The highest BCUT2D eigenvalue weighted by atomic mass is 19.4. The molecule has 3 aromatic heterocycles. The molecular weight excluding hydrogens is 560 g/mol. The molecule has 0 aliphatic carbocycles. The van der Waals surface area contributed by atoms with E-state index in [2.05, 4.69) is 25.7 Å². The first kappa shape index (κ1) is 29.9. The number of nitriles is 1. The molecule has 0 saturated heterocycles. The first-order chi connectivity index (χ1) is 19.7. The Morgan fingerprint density at radius 2 is 1.95 bits per heavy atom. The van der Waals surface area contributed by atoms with Gasteiger partial charge in [0, 0.05) is 42.3 Å². The Balaban J connectivity index is 1.82. The van der Waals surface area contributed by atoms with Gasteiger partial charge in [-0.25, -0.2) is 14.4 Å². The van der Waals surface area contributed by atoms with Crippen LogP contribution in [0.4, 0.5) is 29.1 Å². The number of aryl methyl sites for hydroxylation is 1. The molecule has 4 rings (SSSR count). The number of halogens is 4. The Morgan fingerprint density at radius 1 is 1.24 bits per heavy atom. The molecule has 4 aromatic rings. The number of amides is 2. The number of primary amides is 1. The first-order valence-corrected chi connectivity index (χ1v) is 12.5. The summed E-state index contributed by atoms with van der Waals surface area (Å²) in [5.74, 6) is -2.99. The number of nitrogens with one attached hydrogen (secondary N) is 2. The Bertz CT molecular complexity index is 1720. The van der Waals surface area contributed by atoms with Crippen molar-refractivity contribution in [1.29, 1.82) is 5.26 Å². The molecule has 12 nitrogen and oxygen atoms in total. The van der Waals surface area contributed by atoms with Crippen molar-refractivity contribution < 1.29 is 27.2 Å². The van der Waals surface area contributed by atoms with E-state index in [1.165, 1.54) is 42.9 Å². The van der Waals surface area contributed by atoms with Gasteiger partial charge in [-0.15, -0.1) is 0 Å². The highest BCUT2D eigenvalue weighted by Crippen LogP contribution is 2.38. The summed E-state index contributed by atoms with van der Waals surface area (Å²) in [4.78, 5) is 32.6. The first-order valence-electron chi connectivity index (χ1n) is 12.5. The average molecular weight is 587 g/mol.